The van der Waals surface area contributed by atoms with Crippen molar-refractivity contribution in [1.82, 2.24) is 10.2 Å². The SMILES string of the molecule is O=C(C1SCCN1C(=O)CCCc1ccccc1)[C@@H]1CCCN1. The van der Waals surface area contributed by atoms with Gasteiger partial charge in [0.25, 0.3) is 0 Å². The summed E-state index contributed by atoms with van der Waals surface area (Å²) in [6.07, 6.45) is 4.24. The second kappa shape index (κ2) is 7.97. The number of hydrogen-bond donors (Lipinski definition) is 1. The average molecular weight is 332 g/mol. The van der Waals surface area contributed by atoms with Gasteiger partial charge >= 0.3 is 0 Å². The van der Waals surface area contributed by atoms with E-state index in [2.05, 4.69) is 17.4 Å². The Morgan fingerprint density at radius 3 is 2.83 bits per heavy atom. The van der Waals surface area contributed by atoms with Crippen molar-refractivity contribution < 1.29 is 9.59 Å². The lowest BCUT2D eigenvalue weighted by atomic mass is 10.1. The maximum atomic E-state index is 12.6. The van der Waals surface area contributed by atoms with Crippen LogP contribution in [0.1, 0.15) is 31.2 Å². The average Bonchev–Trinajstić information content (AvgIpc) is 3.27. The summed E-state index contributed by atoms with van der Waals surface area (Å²) >= 11 is 1.62. The first-order valence-electron chi connectivity index (χ1n) is 8.48. The summed E-state index contributed by atoms with van der Waals surface area (Å²) in [5, 5.41) is 2.99. The number of carbonyl (C=O) groups is 2. The van der Waals surface area contributed by atoms with Gasteiger partial charge in [0.1, 0.15) is 5.37 Å². The Morgan fingerprint density at radius 1 is 1.26 bits per heavy atom. The van der Waals surface area contributed by atoms with E-state index in [1.807, 2.05) is 18.2 Å². The summed E-state index contributed by atoms with van der Waals surface area (Å²) in [5.74, 6) is 1.19. The Bertz CT molecular complexity index is 543. The molecule has 1 N–H and O–H groups in total. The number of benzene rings is 1. The van der Waals surface area contributed by atoms with Crippen molar-refractivity contribution in [1.29, 1.82) is 0 Å². The molecule has 0 saturated carbocycles. The maximum absolute atomic E-state index is 12.6. The van der Waals surface area contributed by atoms with Crippen LogP contribution in [0, 0.1) is 0 Å². The van der Waals surface area contributed by atoms with Crippen LogP contribution >= 0.6 is 11.8 Å². The standard InChI is InChI=1S/C18H24N2O2S/c21-16(10-4-8-14-6-2-1-3-7-14)20-12-13-23-18(20)17(22)15-9-5-11-19-15/h1-3,6-7,15,18-19H,4-5,8-13H2/t15-,18?/m0/s1. The van der Waals surface area contributed by atoms with Crippen LogP contribution in [-0.4, -0.2) is 46.8 Å². The van der Waals surface area contributed by atoms with Gasteiger partial charge in [0, 0.05) is 18.7 Å². The Labute approximate surface area is 142 Å². The first kappa shape index (κ1) is 16.5. The van der Waals surface area contributed by atoms with Crippen LogP contribution in [0.5, 0.6) is 0 Å². The van der Waals surface area contributed by atoms with Gasteiger partial charge in [0.05, 0.1) is 6.04 Å². The third-order valence-corrected chi connectivity index (χ3v) is 5.78. The first-order valence-corrected chi connectivity index (χ1v) is 9.53. The summed E-state index contributed by atoms with van der Waals surface area (Å²) in [5.41, 5.74) is 1.26. The number of hydrogen-bond acceptors (Lipinski definition) is 4. The number of rotatable bonds is 6. The van der Waals surface area contributed by atoms with Crippen molar-refractivity contribution in [2.45, 2.75) is 43.5 Å². The monoisotopic (exact) mass is 332 g/mol. The second-order valence-electron chi connectivity index (χ2n) is 6.20. The lowest BCUT2D eigenvalue weighted by Gasteiger charge is -2.25. The number of ketones is 1. The van der Waals surface area contributed by atoms with E-state index in [1.54, 1.807) is 16.7 Å². The molecule has 3 rings (SSSR count). The van der Waals surface area contributed by atoms with Gasteiger partial charge in [0.2, 0.25) is 5.91 Å². The number of nitrogens with zero attached hydrogens (tertiary/aromatic N) is 1. The Hall–Kier alpha value is -1.33. The minimum Gasteiger partial charge on any atom is -0.323 e. The molecule has 2 fully saturated rings. The quantitative estimate of drug-likeness (QED) is 0.868. The van der Waals surface area contributed by atoms with Crippen LogP contribution < -0.4 is 5.32 Å². The normalized spacial score (nSPS) is 24.1. The minimum atomic E-state index is -0.269. The predicted octanol–water partition coefficient (Wildman–Crippen LogP) is 2.23. The van der Waals surface area contributed by atoms with Crippen LogP contribution in [0.25, 0.3) is 0 Å². The Morgan fingerprint density at radius 2 is 2.09 bits per heavy atom. The van der Waals surface area contributed by atoms with E-state index in [4.69, 9.17) is 0 Å². The molecule has 4 nitrogen and oxygen atoms in total. The third-order valence-electron chi connectivity index (χ3n) is 4.56. The number of thioether (sulfide) groups is 1. The van der Waals surface area contributed by atoms with E-state index in [-0.39, 0.29) is 23.1 Å². The molecule has 5 heteroatoms. The van der Waals surface area contributed by atoms with Crippen molar-refractivity contribution in [3.63, 3.8) is 0 Å². The summed E-state index contributed by atoms with van der Waals surface area (Å²) in [6.45, 7) is 1.62. The fraction of sp³-hybridized carbons (Fsp3) is 0.556. The van der Waals surface area contributed by atoms with Gasteiger partial charge in [-0.2, -0.15) is 0 Å². The van der Waals surface area contributed by atoms with Gasteiger partial charge in [-0.15, -0.1) is 11.8 Å². The summed E-state index contributed by atoms with van der Waals surface area (Å²) in [6, 6.07) is 10.2. The molecule has 0 aromatic heterocycles. The highest BCUT2D eigenvalue weighted by Crippen LogP contribution is 2.28. The summed E-state index contributed by atoms with van der Waals surface area (Å²) < 4.78 is 0. The molecule has 124 valence electrons. The van der Waals surface area contributed by atoms with Gasteiger partial charge in [-0.25, -0.2) is 0 Å². The molecule has 0 bridgehead atoms. The van der Waals surface area contributed by atoms with Crippen LogP contribution in [0.4, 0.5) is 0 Å². The lowest BCUT2D eigenvalue weighted by molar-refractivity contribution is -0.136. The minimum absolute atomic E-state index is 0.0507. The van der Waals surface area contributed by atoms with Crippen molar-refractivity contribution in [3.05, 3.63) is 35.9 Å². The fourth-order valence-corrected chi connectivity index (χ4v) is 4.55. The second-order valence-corrected chi connectivity index (χ2v) is 7.39. The molecule has 1 amide bonds. The van der Waals surface area contributed by atoms with Crippen LogP contribution in [-0.2, 0) is 16.0 Å². The van der Waals surface area contributed by atoms with Gasteiger partial charge in [-0.05, 0) is 37.8 Å². The highest BCUT2D eigenvalue weighted by Gasteiger charge is 2.38. The molecule has 2 heterocycles. The topological polar surface area (TPSA) is 49.4 Å². The van der Waals surface area contributed by atoms with Crippen LogP contribution in [0.2, 0.25) is 0 Å². The summed E-state index contributed by atoms with van der Waals surface area (Å²) in [7, 11) is 0. The smallest absolute Gasteiger partial charge is 0.223 e. The number of aryl methyl sites for hydroxylation is 1. The van der Waals surface area contributed by atoms with E-state index < -0.39 is 0 Å². The van der Waals surface area contributed by atoms with Crippen LogP contribution in [0.3, 0.4) is 0 Å². The van der Waals surface area contributed by atoms with Crippen molar-refractivity contribution >= 4 is 23.5 Å². The fourth-order valence-electron chi connectivity index (χ4n) is 3.29. The zero-order valence-electron chi connectivity index (χ0n) is 13.4. The highest BCUT2D eigenvalue weighted by molar-refractivity contribution is 8.00. The van der Waals surface area contributed by atoms with E-state index in [0.29, 0.717) is 13.0 Å². The number of carbonyl (C=O) groups excluding carboxylic acids is 2. The van der Waals surface area contributed by atoms with E-state index >= 15 is 0 Å². The number of Topliss-reactive ketones (excluding diaryl/α,β-unsaturated/α-hetero) is 1. The van der Waals surface area contributed by atoms with Crippen LogP contribution in [0.15, 0.2) is 30.3 Å². The molecule has 23 heavy (non-hydrogen) atoms. The van der Waals surface area contributed by atoms with Gasteiger partial charge in [-0.3, -0.25) is 9.59 Å². The molecule has 2 aliphatic heterocycles. The molecule has 0 spiro atoms. The molecule has 2 atom stereocenters. The molecule has 1 aromatic carbocycles. The molecule has 0 aliphatic carbocycles. The van der Waals surface area contributed by atoms with Crippen molar-refractivity contribution in [3.8, 4) is 0 Å². The van der Waals surface area contributed by atoms with Gasteiger partial charge in [-0.1, -0.05) is 30.3 Å². The molecule has 2 saturated heterocycles. The highest BCUT2D eigenvalue weighted by atomic mass is 32.2. The lowest BCUT2D eigenvalue weighted by Crippen LogP contribution is -2.46. The number of nitrogens with one attached hydrogen (secondary N) is 1. The molecule has 0 radical (unpaired) electrons. The Balaban J connectivity index is 1.50. The van der Waals surface area contributed by atoms with Gasteiger partial charge < -0.3 is 10.2 Å². The number of amides is 1. The van der Waals surface area contributed by atoms with Crippen molar-refractivity contribution in [2.75, 3.05) is 18.8 Å². The molecule has 1 aromatic rings. The van der Waals surface area contributed by atoms with E-state index in [1.165, 1.54) is 5.56 Å². The maximum Gasteiger partial charge on any atom is 0.223 e. The predicted molar refractivity (Wildman–Crippen MR) is 93.4 cm³/mol. The zero-order chi connectivity index (χ0) is 16.1. The summed E-state index contributed by atoms with van der Waals surface area (Å²) in [4.78, 5) is 26.9. The molecule has 2 aliphatic rings. The van der Waals surface area contributed by atoms with Crippen molar-refractivity contribution in [2.24, 2.45) is 0 Å². The first-order chi connectivity index (χ1) is 11.3. The third kappa shape index (κ3) is 4.15. The molecule has 1 unspecified atom stereocenters. The van der Waals surface area contributed by atoms with E-state index in [0.717, 1.165) is 38.0 Å². The Kier molecular flexibility index (Phi) is 5.73. The molecular weight excluding hydrogens is 308 g/mol. The molecular formula is C18H24N2O2S. The zero-order valence-corrected chi connectivity index (χ0v) is 14.2. The largest absolute Gasteiger partial charge is 0.323 e. The van der Waals surface area contributed by atoms with E-state index in [9.17, 15) is 9.59 Å². The van der Waals surface area contributed by atoms with Gasteiger partial charge in [0.15, 0.2) is 5.78 Å².